The van der Waals surface area contributed by atoms with E-state index in [-0.39, 0.29) is 11.1 Å². The van der Waals surface area contributed by atoms with Crippen molar-refractivity contribution in [1.29, 1.82) is 0 Å². The predicted molar refractivity (Wildman–Crippen MR) is 164 cm³/mol. The molecule has 234 valence electrons. The van der Waals surface area contributed by atoms with Crippen LogP contribution in [0.4, 0.5) is 0 Å². The lowest BCUT2D eigenvalue weighted by atomic mass is 9.93. The second kappa shape index (κ2) is 16.3. The number of carboxylic acid groups (broad SMARTS) is 2. The number of hydrogen-bond acceptors (Lipinski definition) is 8. The maximum Gasteiger partial charge on any atom is 0.349 e. The Bertz CT molecular complexity index is 1320. The van der Waals surface area contributed by atoms with Gasteiger partial charge in [0.05, 0.1) is 11.1 Å². The zero-order chi connectivity index (χ0) is 32.2. The van der Waals surface area contributed by atoms with Crippen molar-refractivity contribution in [3.8, 4) is 0 Å². The van der Waals surface area contributed by atoms with Gasteiger partial charge in [0.15, 0.2) is 0 Å². The number of nitrogens with one attached hydrogen (secondary N) is 1. The average molecular weight is 605 g/mol. The summed E-state index contributed by atoms with van der Waals surface area (Å²) in [7, 11) is 2.08. The maximum atomic E-state index is 12.2. The molecule has 3 aromatic rings. The molecule has 44 heavy (non-hydrogen) atoms. The fourth-order valence-electron chi connectivity index (χ4n) is 4.73. The van der Waals surface area contributed by atoms with Crippen LogP contribution >= 0.6 is 0 Å². The van der Waals surface area contributed by atoms with Crippen molar-refractivity contribution in [1.82, 2.24) is 10.2 Å². The second-order valence-electron chi connectivity index (χ2n) is 10.9. The number of benzene rings is 3. The highest BCUT2D eigenvalue weighted by molar-refractivity contribution is 5.95. The summed E-state index contributed by atoms with van der Waals surface area (Å²) in [5.41, 5.74) is 3.21. The zero-order valence-corrected chi connectivity index (χ0v) is 25.4. The normalized spacial score (nSPS) is 17.7. The molecule has 0 amide bonds. The molecule has 0 saturated carbocycles. The van der Waals surface area contributed by atoms with Gasteiger partial charge in [0, 0.05) is 19.1 Å². The van der Waals surface area contributed by atoms with Gasteiger partial charge < -0.3 is 25.0 Å². The van der Waals surface area contributed by atoms with Gasteiger partial charge in [-0.2, -0.15) is 0 Å². The van der Waals surface area contributed by atoms with Crippen LogP contribution in [0.15, 0.2) is 78.9 Å². The predicted octanol–water partition coefficient (Wildman–Crippen LogP) is 4.34. The molecule has 1 fully saturated rings. The molecule has 0 aliphatic carbocycles. The molecule has 0 aromatic heterocycles. The summed E-state index contributed by atoms with van der Waals surface area (Å²) < 4.78 is 9.64. The van der Waals surface area contributed by atoms with Crippen LogP contribution in [0.25, 0.3) is 0 Å². The number of aryl methyl sites for hydroxylation is 2. The summed E-state index contributed by atoms with van der Waals surface area (Å²) in [5.74, 6) is -4.82. The number of hydrogen-bond donors (Lipinski definition) is 3. The van der Waals surface area contributed by atoms with E-state index >= 15 is 0 Å². The van der Waals surface area contributed by atoms with Crippen molar-refractivity contribution in [3.63, 3.8) is 0 Å². The van der Waals surface area contributed by atoms with Crippen LogP contribution in [-0.2, 0) is 25.6 Å². The van der Waals surface area contributed by atoms with Gasteiger partial charge in [-0.05, 0) is 69.6 Å². The van der Waals surface area contributed by atoms with E-state index in [1.54, 1.807) is 38.1 Å². The first-order chi connectivity index (χ1) is 21.0. The van der Waals surface area contributed by atoms with Crippen molar-refractivity contribution in [2.24, 2.45) is 5.92 Å². The van der Waals surface area contributed by atoms with Crippen molar-refractivity contribution < 1.29 is 38.9 Å². The number of rotatable bonds is 10. The van der Waals surface area contributed by atoms with Crippen molar-refractivity contribution >= 4 is 23.9 Å². The Labute approximate surface area is 257 Å². The number of likely N-dealkylation sites (tertiary alicyclic amines) is 1. The quantitative estimate of drug-likeness (QED) is 0.286. The molecule has 3 aromatic carbocycles. The Kier molecular flexibility index (Phi) is 12.6. The molecule has 10 heteroatoms. The molecule has 4 atom stereocenters. The van der Waals surface area contributed by atoms with E-state index in [1.165, 1.54) is 49.3 Å². The van der Waals surface area contributed by atoms with E-state index in [1.807, 2.05) is 0 Å². The first-order valence-electron chi connectivity index (χ1n) is 14.4. The fraction of sp³-hybridized carbons (Fsp3) is 0.353. The Morgan fingerprint density at radius 2 is 1.25 bits per heavy atom. The standard InChI is InChI=1S/C20H18O8.C14H22N2/c1-11-3-7-13(8-4-11)19(25)27-15(17(21)22)16(18(23)24)28-20(26)14-9-5-12(2)6-10-14;1-12-8-9-16(11-14(12)15-2)10-13-6-4-3-5-7-13/h3-10,15-16H,1-2H3,(H,21,22)(H,23,24);3-7,12,14-15H,8-11H2,1-2H3/t;12-,14+/m.1/s1. The molecular formula is C34H40N2O8. The molecule has 0 spiro atoms. The summed E-state index contributed by atoms with van der Waals surface area (Å²) in [4.78, 5) is 49.9. The fourth-order valence-corrected chi connectivity index (χ4v) is 4.73. The largest absolute Gasteiger partial charge is 0.478 e. The van der Waals surface area contributed by atoms with Gasteiger partial charge in [-0.1, -0.05) is 72.6 Å². The Hall–Kier alpha value is -4.54. The Morgan fingerprint density at radius 3 is 1.66 bits per heavy atom. The SMILES string of the molecule is CN[C@H]1CN(Cc2ccccc2)CC[C@H]1C.Cc1ccc(C(=O)OC(C(=O)O)C(OC(=O)c2ccc(C)cc2)C(=O)O)cc1. The first-order valence-corrected chi connectivity index (χ1v) is 14.4. The van der Waals surface area contributed by atoms with Crippen molar-refractivity contribution in [2.75, 3.05) is 20.1 Å². The van der Waals surface area contributed by atoms with E-state index in [0.717, 1.165) is 23.6 Å². The van der Waals surface area contributed by atoms with E-state index in [9.17, 15) is 29.4 Å². The van der Waals surface area contributed by atoms with Gasteiger partial charge in [-0.15, -0.1) is 0 Å². The van der Waals surface area contributed by atoms with E-state index in [0.29, 0.717) is 6.04 Å². The van der Waals surface area contributed by atoms with Crippen LogP contribution in [0, 0.1) is 19.8 Å². The number of likely N-dealkylation sites (N-methyl/N-ethyl adjacent to an activating group) is 1. The van der Waals surface area contributed by atoms with Gasteiger partial charge >= 0.3 is 23.9 Å². The van der Waals surface area contributed by atoms with Crippen molar-refractivity contribution in [3.05, 3.63) is 107 Å². The molecule has 1 aliphatic rings. The molecule has 10 nitrogen and oxygen atoms in total. The third-order valence-corrected chi connectivity index (χ3v) is 7.47. The number of esters is 2. The topological polar surface area (TPSA) is 142 Å². The second-order valence-corrected chi connectivity index (χ2v) is 10.9. The molecule has 0 bridgehead atoms. The molecule has 3 N–H and O–H groups in total. The van der Waals surface area contributed by atoms with E-state index < -0.39 is 36.1 Å². The summed E-state index contributed by atoms with van der Waals surface area (Å²) in [6.45, 7) is 9.42. The van der Waals surface area contributed by atoms with E-state index in [4.69, 9.17) is 9.47 Å². The monoisotopic (exact) mass is 604 g/mol. The lowest BCUT2D eigenvalue weighted by molar-refractivity contribution is -0.166. The smallest absolute Gasteiger partial charge is 0.349 e. The van der Waals surface area contributed by atoms with Crippen LogP contribution in [0.2, 0.25) is 0 Å². The Balaban J connectivity index is 0.000000278. The number of aliphatic carboxylic acids is 2. The third kappa shape index (κ3) is 10.0. The summed E-state index contributed by atoms with van der Waals surface area (Å²) in [5, 5.41) is 22.1. The van der Waals surface area contributed by atoms with Crippen LogP contribution in [-0.4, -0.2) is 77.4 Å². The lowest BCUT2D eigenvalue weighted by Gasteiger charge is -2.37. The minimum Gasteiger partial charge on any atom is -0.478 e. The molecule has 2 unspecified atom stereocenters. The highest BCUT2D eigenvalue weighted by atomic mass is 16.6. The van der Waals surface area contributed by atoms with Crippen LogP contribution < -0.4 is 5.32 Å². The number of piperidine rings is 1. The highest BCUT2D eigenvalue weighted by Crippen LogP contribution is 2.19. The van der Waals surface area contributed by atoms with Crippen LogP contribution in [0.5, 0.6) is 0 Å². The molecule has 1 saturated heterocycles. The minimum atomic E-state index is -2.22. The van der Waals surface area contributed by atoms with Gasteiger partial charge in [-0.3, -0.25) is 4.90 Å². The number of carbonyl (C=O) groups is 4. The zero-order valence-electron chi connectivity index (χ0n) is 25.4. The third-order valence-electron chi connectivity index (χ3n) is 7.47. The van der Waals surface area contributed by atoms with Gasteiger partial charge in [0.1, 0.15) is 0 Å². The molecule has 1 heterocycles. The first kappa shape index (κ1) is 34.0. The summed E-state index contributed by atoms with van der Waals surface area (Å²) >= 11 is 0. The van der Waals surface area contributed by atoms with Gasteiger partial charge in [0.2, 0.25) is 12.2 Å². The average Bonchev–Trinajstić information content (AvgIpc) is 3.01. The van der Waals surface area contributed by atoms with Gasteiger partial charge in [0.25, 0.3) is 0 Å². The number of carboxylic acids is 2. The van der Waals surface area contributed by atoms with Crippen LogP contribution in [0.1, 0.15) is 50.8 Å². The molecule has 4 rings (SSSR count). The summed E-state index contributed by atoms with van der Waals surface area (Å²) in [6.07, 6.45) is -3.14. The lowest BCUT2D eigenvalue weighted by Crippen LogP contribution is -2.48. The van der Waals surface area contributed by atoms with Crippen molar-refractivity contribution in [2.45, 2.75) is 52.0 Å². The maximum absolute atomic E-state index is 12.2. The van der Waals surface area contributed by atoms with E-state index in [2.05, 4.69) is 54.5 Å². The Morgan fingerprint density at radius 1 is 0.795 bits per heavy atom. The summed E-state index contributed by atoms with van der Waals surface area (Å²) in [6, 6.07) is 23.5. The van der Waals surface area contributed by atoms with Gasteiger partial charge in [-0.25, -0.2) is 19.2 Å². The molecular weight excluding hydrogens is 564 g/mol. The molecule has 1 aliphatic heterocycles. The number of nitrogens with zero attached hydrogens (tertiary/aromatic N) is 1. The van der Waals surface area contributed by atoms with Crippen LogP contribution in [0.3, 0.4) is 0 Å². The number of carbonyl (C=O) groups excluding carboxylic acids is 2. The number of ether oxygens (including phenoxy) is 2. The molecule has 0 radical (unpaired) electrons. The highest BCUT2D eigenvalue weighted by Gasteiger charge is 2.41. The minimum absolute atomic E-state index is 0.0332.